The minimum absolute atomic E-state index is 0.136. The Kier molecular flexibility index (Phi) is 3.45. The van der Waals surface area contributed by atoms with Gasteiger partial charge in [-0.25, -0.2) is 0 Å². The van der Waals surface area contributed by atoms with Crippen molar-refractivity contribution in [1.29, 1.82) is 0 Å². The summed E-state index contributed by atoms with van der Waals surface area (Å²) in [5, 5.41) is 5.20. The molecular formula is C19H18N2O2. The van der Waals surface area contributed by atoms with Crippen LogP contribution < -0.4 is 0 Å². The van der Waals surface area contributed by atoms with Gasteiger partial charge in [0.1, 0.15) is 0 Å². The van der Waals surface area contributed by atoms with Crippen LogP contribution in [-0.4, -0.2) is 23.0 Å². The summed E-state index contributed by atoms with van der Waals surface area (Å²) in [4.78, 5) is 25.1. The first-order chi connectivity index (χ1) is 11.3. The van der Waals surface area contributed by atoms with E-state index in [4.69, 9.17) is 0 Å². The van der Waals surface area contributed by atoms with Gasteiger partial charge in [-0.15, -0.1) is 0 Å². The van der Waals surface area contributed by atoms with E-state index in [9.17, 15) is 9.59 Å². The molecule has 116 valence electrons. The van der Waals surface area contributed by atoms with Crippen LogP contribution in [0.1, 0.15) is 18.4 Å². The lowest BCUT2D eigenvalue weighted by Crippen LogP contribution is -2.38. The Morgan fingerprint density at radius 3 is 2.13 bits per heavy atom. The summed E-state index contributed by atoms with van der Waals surface area (Å²) < 4.78 is 0. The van der Waals surface area contributed by atoms with E-state index < -0.39 is 0 Å². The van der Waals surface area contributed by atoms with Gasteiger partial charge >= 0.3 is 0 Å². The fraction of sp³-hybridized carbons (Fsp3) is 0.316. The van der Waals surface area contributed by atoms with Gasteiger partial charge in [0.05, 0.1) is 11.8 Å². The zero-order valence-electron chi connectivity index (χ0n) is 12.7. The lowest BCUT2D eigenvalue weighted by atomic mass is 9.63. The van der Waals surface area contributed by atoms with E-state index in [1.807, 2.05) is 36.4 Å². The van der Waals surface area contributed by atoms with Gasteiger partial charge in [-0.1, -0.05) is 48.6 Å². The number of imide groups is 1. The highest BCUT2D eigenvalue weighted by molar-refractivity contribution is 6.06. The highest BCUT2D eigenvalue weighted by atomic mass is 16.2. The van der Waals surface area contributed by atoms with Crippen molar-refractivity contribution in [2.75, 3.05) is 0 Å². The van der Waals surface area contributed by atoms with Crippen LogP contribution in [0.25, 0.3) is 6.08 Å². The first-order valence-corrected chi connectivity index (χ1v) is 8.07. The van der Waals surface area contributed by atoms with Crippen LogP contribution in [0.2, 0.25) is 0 Å². The second kappa shape index (κ2) is 5.61. The molecule has 2 bridgehead atoms. The van der Waals surface area contributed by atoms with Crippen LogP contribution >= 0.6 is 0 Å². The SMILES string of the molecule is O=C1C2C3C=CC(CC3)C2C(=O)N1N=CC=Cc1ccccc1. The van der Waals surface area contributed by atoms with E-state index in [-0.39, 0.29) is 35.5 Å². The predicted octanol–water partition coefficient (Wildman–Crippen LogP) is 2.88. The lowest BCUT2D eigenvalue weighted by molar-refractivity contribution is -0.140. The van der Waals surface area contributed by atoms with Crippen molar-refractivity contribution >= 4 is 24.1 Å². The van der Waals surface area contributed by atoms with E-state index in [2.05, 4.69) is 17.3 Å². The monoisotopic (exact) mass is 306 g/mol. The number of amides is 2. The Hall–Kier alpha value is -2.49. The van der Waals surface area contributed by atoms with Gasteiger partial charge < -0.3 is 0 Å². The predicted molar refractivity (Wildman–Crippen MR) is 88.2 cm³/mol. The Balaban J connectivity index is 1.50. The van der Waals surface area contributed by atoms with Crippen molar-refractivity contribution < 1.29 is 9.59 Å². The van der Waals surface area contributed by atoms with Crippen LogP contribution in [0, 0.1) is 23.7 Å². The number of rotatable bonds is 3. The molecule has 1 aromatic rings. The number of hydrazone groups is 1. The largest absolute Gasteiger partial charge is 0.272 e. The maximum absolute atomic E-state index is 12.5. The maximum atomic E-state index is 12.5. The van der Waals surface area contributed by atoms with Crippen molar-refractivity contribution in [2.45, 2.75) is 12.8 Å². The van der Waals surface area contributed by atoms with Gasteiger partial charge in [-0.2, -0.15) is 10.1 Å². The second-order valence-corrected chi connectivity index (χ2v) is 6.36. The Bertz CT molecular complexity index is 688. The molecule has 3 aliphatic carbocycles. The number of carbonyl (C=O) groups is 2. The third kappa shape index (κ3) is 2.34. The molecule has 1 saturated carbocycles. The Labute approximate surface area is 135 Å². The lowest BCUT2D eigenvalue weighted by Gasteiger charge is -2.37. The standard InChI is InChI=1S/C19H18N2O2/c22-18-16-14-8-9-15(11-10-14)17(16)19(23)21(18)20-12-4-7-13-5-2-1-3-6-13/h1-9,12,14-17H,10-11H2. The first kappa shape index (κ1) is 14.1. The molecule has 1 aliphatic heterocycles. The molecular weight excluding hydrogens is 288 g/mol. The molecule has 0 aromatic heterocycles. The van der Waals surface area contributed by atoms with Gasteiger partial charge in [0, 0.05) is 6.21 Å². The molecule has 4 heteroatoms. The summed E-state index contributed by atoms with van der Waals surface area (Å²) >= 11 is 0. The number of hydrogen-bond donors (Lipinski definition) is 0. The number of allylic oxidation sites excluding steroid dienone is 3. The summed E-state index contributed by atoms with van der Waals surface area (Å²) in [6, 6.07) is 9.83. The van der Waals surface area contributed by atoms with E-state index in [1.54, 1.807) is 6.08 Å². The maximum Gasteiger partial charge on any atom is 0.254 e. The quantitative estimate of drug-likeness (QED) is 0.490. The molecule has 0 spiro atoms. The molecule has 1 heterocycles. The van der Waals surface area contributed by atoms with Gasteiger partial charge in [0.2, 0.25) is 0 Å². The number of benzene rings is 1. The Morgan fingerprint density at radius 2 is 1.57 bits per heavy atom. The molecule has 1 aromatic carbocycles. The number of nitrogens with zero attached hydrogens (tertiary/aromatic N) is 2. The van der Waals surface area contributed by atoms with Crippen LogP contribution in [0.4, 0.5) is 0 Å². The Morgan fingerprint density at radius 1 is 0.957 bits per heavy atom. The zero-order valence-corrected chi connectivity index (χ0v) is 12.7. The second-order valence-electron chi connectivity index (χ2n) is 6.36. The zero-order chi connectivity index (χ0) is 15.8. The van der Waals surface area contributed by atoms with E-state index in [0.29, 0.717) is 0 Å². The fourth-order valence-electron chi connectivity index (χ4n) is 4.00. The molecule has 4 nitrogen and oxygen atoms in total. The van der Waals surface area contributed by atoms with Crippen molar-refractivity contribution in [3.05, 3.63) is 54.1 Å². The summed E-state index contributed by atoms with van der Waals surface area (Å²) in [5.74, 6) is -0.238. The molecule has 4 unspecified atom stereocenters. The first-order valence-electron chi connectivity index (χ1n) is 8.07. The van der Waals surface area contributed by atoms with Crippen LogP contribution in [-0.2, 0) is 9.59 Å². The summed E-state index contributed by atoms with van der Waals surface area (Å²) in [7, 11) is 0. The smallest absolute Gasteiger partial charge is 0.254 e. The average Bonchev–Trinajstić information content (AvgIpc) is 2.87. The van der Waals surface area contributed by atoms with Gasteiger partial charge in [0.25, 0.3) is 11.8 Å². The number of carbonyl (C=O) groups excluding carboxylic acids is 2. The fourth-order valence-corrected chi connectivity index (χ4v) is 4.00. The minimum Gasteiger partial charge on any atom is -0.272 e. The highest BCUT2D eigenvalue weighted by Gasteiger charge is 2.56. The molecule has 0 radical (unpaired) electrons. The van der Waals surface area contributed by atoms with E-state index in [1.165, 1.54) is 6.21 Å². The normalized spacial score (nSPS) is 32.4. The topological polar surface area (TPSA) is 49.7 Å². The van der Waals surface area contributed by atoms with Gasteiger partial charge in [-0.05, 0) is 36.3 Å². The van der Waals surface area contributed by atoms with Crippen molar-refractivity contribution in [1.82, 2.24) is 5.01 Å². The molecule has 23 heavy (non-hydrogen) atoms. The van der Waals surface area contributed by atoms with Gasteiger partial charge in [-0.3, -0.25) is 9.59 Å². The van der Waals surface area contributed by atoms with Crippen molar-refractivity contribution in [3.63, 3.8) is 0 Å². The van der Waals surface area contributed by atoms with Crippen LogP contribution in [0.3, 0.4) is 0 Å². The molecule has 4 atom stereocenters. The van der Waals surface area contributed by atoms with Gasteiger partial charge in [0.15, 0.2) is 0 Å². The van der Waals surface area contributed by atoms with Crippen LogP contribution in [0.5, 0.6) is 0 Å². The van der Waals surface area contributed by atoms with E-state index >= 15 is 0 Å². The summed E-state index contributed by atoms with van der Waals surface area (Å²) in [5.41, 5.74) is 1.05. The van der Waals surface area contributed by atoms with Crippen molar-refractivity contribution in [2.24, 2.45) is 28.8 Å². The molecule has 2 fully saturated rings. The molecule has 4 aliphatic rings. The van der Waals surface area contributed by atoms with Crippen molar-refractivity contribution in [3.8, 4) is 0 Å². The third-order valence-corrected chi connectivity index (χ3v) is 5.09. The third-order valence-electron chi connectivity index (χ3n) is 5.09. The average molecular weight is 306 g/mol. The van der Waals surface area contributed by atoms with Crippen LogP contribution in [0.15, 0.2) is 53.7 Å². The van der Waals surface area contributed by atoms with E-state index in [0.717, 1.165) is 23.4 Å². The molecule has 0 N–H and O–H groups in total. The minimum atomic E-state index is -0.193. The molecule has 2 amide bonds. The summed E-state index contributed by atoms with van der Waals surface area (Å²) in [6.45, 7) is 0. The highest BCUT2D eigenvalue weighted by Crippen LogP contribution is 2.49. The molecule has 5 rings (SSSR count). The number of fused-ring (bicyclic) bond motifs is 1. The number of hydrogen-bond acceptors (Lipinski definition) is 3. The molecule has 1 saturated heterocycles. The summed E-state index contributed by atoms with van der Waals surface area (Å²) in [6.07, 6.45) is 11.4.